The molecule has 1 aromatic carbocycles. The maximum Gasteiger partial charge on any atom is 0.430 e. The minimum absolute atomic E-state index is 0.163. The number of carbonyl (C=O) groups is 2. The summed E-state index contributed by atoms with van der Waals surface area (Å²) in [5.41, 5.74) is -2.92. The van der Waals surface area contributed by atoms with Gasteiger partial charge in [0.1, 0.15) is 11.0 Å². The average molecular weight is 593 g/mol. The molecule has 11 heteroatoms. The fourth-order valence-corrected chi connectivity index (χ4v) is 6.43. The van der Waals surface area contributed by atoms with E-state index in [9.17, 15) is 27.9 Å². The van der Waals surface area contributed by atoms with Crippen LogP contribution in [0.3, 0.4) is 0 Å². The third-order valence-corrected chi connectivity index (χ3v) is 9.38. The molecule has 222 valence electrons. The Kier molecular flexibility index (Phi) is 8.02. The first kappa shape index (κ1) is 29.6. The molecule has 1 aromatic heterocycles. The Labute approximate surface area is 243 Å². The van der Waals surface area contributed by atoms with Crippen LogP contribution in [0.25, 0.3) is 0 Å². The lowest BCUT2D eigenvalue weighted by Gasteiger charge is -2.48. The molecule has 2 heterocycles. The van der Waals surface area contributed by atoms with Crippen molar-refractivity contribution in [2.75, 3.05) is 39.1 Å². The number of hydrogen-bond acceptors (Lipinski definition) is 5. The van der Waals surface area contributed by atoms with Gasteiger partial charge in [0.2, 0.25) is 0 Å². The van der Waals surface area contributed by atoms with Crippen LogP contribution in [0.2, 0.25) is 5.15 Å². The van der Waals surface area contributed by atoms with Crippen molar-refractivity contribution < 1.29 is 27.9 Å². The number of hydrogen-bond donors (Lipinski definition) is 1. The smallest absolute Gasteiger partial charge is 0.369 e. The van der Waals surface area contributed by atoms with Gasteiger partial charge in [-0.15, -0.1) is 0 Å². The molecular formula is C30H36ClF3N4O3. The zero-order valence-electron chi connectivity index (χ0n) is 23.5. The van der Waals surface area contributed by atoms with Gasteiger partial charge in [0.05, 0.1) is 5.56 Å². The summed E-state index contributed by atoms with van der Waals surface area (Å²) in [6.45, 7) is 1.49. The molecule has 0 bridgehead atoms. The third-order valence-electron chi connectivity index (χ3n) is 9.09. The Morgan fingerprint density at radius 1 is 1.00 bits per heavy atom. The van der Waals surface area contributed by atoms with Gasteiger partial charge in [-0.3, -0.25) is 9.59 Å². The number of anilines is 1. The van der Waals surface area contributed by atoms with Crippen LogP contribution in [0.1, 0.15) is 65.9 Å². The predicted octanol–water partition coefficient (Wildman–Crippen LogP) is 5.22. The van der Waals surface area contributed by atoms with E-state index in [4.69, 9.17) is 11.6 Å². The van der Waals surface area contributed by atoms with Crippen LogP contribution in [0, 0.1) is 11.8 Å². The summed E-state index contributed by atoms with van der Waals surface area (Å²) >= 11 is 6.29. The Balaban J connectivity index is 1.18. The van der Waals surface area contributed by atoms with Crippen molar-refractivity contribution in [3.05, 3.63) is 58.2 Å². The Bertz CT molecular complexity index is 1300. The molecule has 2 aromatic rings. The number of halogens is 4. The summed E-state index contributed by atoms with van der Waals surface area (Å²) in [4.78, 5) is 34.6. The number of alkyl halides is 3. The molecule has 1 aliphatic heterocycles. The largest absolute Gasteiger partial charge is 0.430 e. The minimum Gasteiger partial charge on any atom is -0.369 e. The maximum absolute atomic E-state index is 14.3. The topological polar surface area (TPSA) is 77.0 Å². The highest BCUT2D eigenvalue weighted by molar-refractivity contribution is 6.32. The van der Waals surface area contributed by atoms with Crippen LogP contribution in [-0.4, -0.2) is 78.2 Å². The highest BCUT2D eigenvalue weighted by Crippen LogP contribution is 2.47. The molecule has 41 heavy (non-hydrogen) atoms. The number of pyridine rings is 1. The van der Waals surface area contributed by atoms with Gasteiger partial charge in [0, 0.05) is 45.8 Å². The van der Waals surface area contributed by atoms with Crippen molar-refractivity contribution in [3.63, 3.8) is 0 Å². The molecule has 0 spiro atoms. The predicted molar refractivity (Wildman–Crippen MR) is 150 cm³/mol. The normalized spacial score (nSPS) is 23.0. The van der Waals surface area contributed by atoms with Crippen LogP contribution in [0.5, 0.6) is 0 Å². The molecule has 3 aliphatic rings. The van der Waals surface area contributed by atoms with Gasteiger partial charge in [-0.1, -0.05) is 35.9 Å². The summed E-state index contributed by atoms with van der Waals surface area (Å²) in [6.07, 6.45) is -0.370. The van der Waals surface area contributed by atoms with Gasteiger partial charge in [-0.25, -0.2) is 4.98 Å². The third kappa shape index (κ3) is 5.65. The fraction of sp³-hybridized carbons (Fsp3) is 0.567. The zero-order valence-corrected chi connectivity index (χ0v) is 24.3. The highest BCUT2D eigenvalue weighted by atomic mass is 35.5. The molecule has 7 nitrogen and oxygen atoms in total. The first-order valence-corrected chi connectivity index (χ1v) is 14.5. The molecule has 3 fully saturated rings. The van der Waals surface area contributed by atoms with Crippen molar-refractivity contribution in [1.82, 2.24) is 14.8 Å². The first-order valence-electron chi connectivity index (χ1n) is 14.1. The van der Waals surface area contributed by atoms with E-state index in [2.05, 4.69) is 9.88 Å². The Morgan fingerprint density at radius 3 is 2.22 bits per heavy atom. The van der Waals surface area contributed by atoms with Gasteiger partial charge in [0.25, 0.3) is 17.4 Å². The van der Waals surface area contributed by atoms with Gasteiger partial charge in [-0.05, 0) is 74.0 Å². The molecule has 1 atom stereocenters. The number of piperidine rings is 1. The van der Waals surface area contributed by atoms with Crippen LogP contribution in [-0.2, 0) is 10.4 Å². The second kappa shape index (κ2) is 11.1. The summed E-state index contributed by atoms with van der Waals surface area (Å²) < 4.78 is 42.8. The van der Waals surface area contributed by atoms with Gasteiger partial charge < -0.3 is 19.8 Å². The van der Waals surface area contributed by atoms with E-state index in [1.165, 1.54) is 30.1 Å². The zero-order chi connectivity index (χ0) is 29.7. The van der Waals surface area contributed by atoms with E-state index in [0.717, 1.165) is 49.2 Å². The summed E-state index contributed by atoms with van der Waals surface area (Å²) in [7, 11) is 4.67. The van der Waals surface area contributed by atoms with Gasteiger partial charge in [-0.2, -0.15) is 13.2 Å². The lowest BCUT2D eigenvalue weighted by Crippen LogP contribution is -2.59. The number of nitrogens with zero attached hydrogens (tertiary/aromatic N) is 4. The van der Waals surface area contributed by atoms with Crippen LogP contribution >= 0.6 is 11.6 Å². The number of aromatic nitrogens is 1. The number of rotatable bonds is 7. The number of carbonyl (C=O) groups excluding carboxylic acids is 2. The average Bonchev–Trinajstić information content (AvgIpc) is 3.76. The van der Waals surface area contributed by atoms with Crippen molar-refractivity contribution in [2.24, 2.45) is 11.8 Å². The summed E-state index contributed by atoms with van der Waals surface area (Å²) in [5.74, 6) is 0.0433. The molecule has 2 saturated carbocycles. The quantitative estimate of drug-likeness (QED) is 0.446. The van der Waals surface area contributed by atoms with E-state index in [-0.39, 0.29) is 23.0 Å². The van der Waals surface area contributed by atoms with Crippen molar-refractivity contribution >= 4 is 29.2 Å². The van der Waals surface area contributed by atoms with E-state index in [1.54, 1.807) is 32.3 Å². The highest BCUT2D eigenvalue weighted by Gasteiger charge is 2.62. The van der Waals surface area contributed by atoms with E-state index < -0.39 is 23.2 Å². The SMILES string of the molecule is CN(C)C(=O)c1ccc(N2CCC([C@H]3C[C@H](N(C)C(=O)C(O)(c4cccc(C5CC5)c4)C(F)(F)F)C3)CC2)nc1Cl. The van der Waals surface area contributed by atoms with Gasteiger partial charge >= 0.3 is 6.18 Å². The second-order valence-electron chi connectivity index (χ2n) is 11.9. The number of likely N-dealkylation sites (N-methyl/N-ethyl adjacent to an activating group) is 1. The fourth-order valence-electron chi connectivity index (χ4n) is 6.20. The first-order chi connectivity index (χ1) is 19.3. The lowest BCUT2D eigenvalue weighted by molar-refractivity contribution is -0.263. The molecule has 1 unspecified atom stereocenters. The lowest BCUT2D eigenvalue weighted by atomic mass is 9.68. The molecule has 1 saturated heterocycles. The maximum atomic E-state index is 14.3. The standard InChI is InChI=1S/C30H36ClF3N4O3/c1-36(2)27(39)24-9-10-25(35-26(24)31)38-13-11-19(12-14-38)21-16-23(17-21)37(3)28(40)29(41,30(32,33)34)22-6-4-5-20(15-22)18-7-8-18/h4-6,9-10,15,18-19,21,23,41H,7-8,11-14,16-17H2,1-3H3/t21-,23-,29?. The van der Waals surface area contributed by atoms with Gasteiger partial charge in [0.15, 0.2) is 0 Å². The summed E-state index contributed by atoms with van der Waals surface area (Å²) in [6, 6.07) is 8.90. The van der Waals surface area contributed by atoms with E-state index in [0.29, 0.717) is 36.1 Å². The molecule has 2 aliphatic carbocycles. The van der Waals surface area contributed by atoms with E-state index in [1.807, 2.05) is 0 Å². The Hall–Kier alpha value is -2.85. The number of aliphatic hydroxyl groups is 1. The van der Waals surface area contributed by atoms with Crippen molar-refractivity contribution in [1.29, 1.82) is 0 Å². The summed E-state index contributed by atoms with van der Waals surface area (Å²) in [5, 5.41) is 11.1. The molecular weight excluding hydrogens is 557 g/mol. The Morgan fingerprint density at radius 2 is 1.66 bits per heavy atom. The molecule has 2 amide bonds. The van der Waals surface area contributed by atoms with Crippen LogP contribution in [0.4, 0.5) is 19.0 Å². The number of amides is 2. The van der Waals surface area contributed by atoms with Crippen LogP contribution in [0.15, 0.2) is 36.4 Å². The van der Waals surface area contributed by atoms with E-state index >= 15 is 0 Å². The number of benzene rings is 1. The van der Waals surface area contributed by atoms with Crippen molar-refractivity contribution in [2.45, 2.75) is 62.3 Å². The molecule has 1 N–H and O–H groups in total. The second-order valence-corrected chi connectivity index (χ2v) is 12.3. The van der Waals surface area contributed by atoms with Crippen molar-refractivity contribution in [3.8, 4) is 0 Å². The van der Waals surface area contributed by atoms with Crippen LogP contribution < -0.4 is 4.90 Å². The monoisotopic (exact) mass is 592 g/mol. The molecule has 0 radical (unpaired) electrons. The molecule has 5 rings (SSSR count). The minimum atomic E-state index is -5.15.